The van der Waals surface area contributed by atoms with Gasteiger partial charge in [-0.15, -0.1) is 12.4 Å². The second kappa shape index (κ2) is 4.84. The van der Waals surface area contributed by atoms with E-state index in [0.29, 0.717) is 6.04 Å². The lowest BCUT2D eigenvalue weighted by Gasteiger charge is -2.36. The first-order valence-corrected chi connectivity index (χ1v) is 4.61. The van der Waals surface area contributed by atoms with Crippen LogP contribution in [0.5, 0.6) is 0 Å². The van der Waals surface area contributed by atoms with Gasteiger partial charge in [-0.05, 0) is 27.7 Å². The molecule has 0 bridgehead atoms. The number of carbonyl (C=O) groups is 1. The topological polar surface area (TPSA) is 50.4 Å². The molecule has 1 heterocycles. The fourth-order valence-electron chi connectivity index (χ4n) is 1.11. The third kappa shape index (κ3) is 4.15. The van der Waals surface area contributed by atoms with Crippen LogP contribution in [0.15, 0.2) is 0 Å². The third-order valence-electron chi connectivity index (χ3n) is 1.97. The van der Waals surface area contributed by atoms with E-state index in [4.69, 9.17) is 4.74 Å². The molecule has 1 fully saturated rings. The molecule has 0 aromatic rings. The number of rotatable bonds is 1. The number of alkyl carbamates (subject to hydrolysis) is 1. The minimum Gasteiger partial charge on any atom is -0.444 e. The van der Waals surface area contributed by atoms with Crippen LogP contribution >= 0.6 is 12.4 Å². The minimum atomic E-state index is -0.412. The fraction of sp³-hybridized carbons (Fsp3) is 0.889. The Bertz CT molecular complexity index is 203. The Hall–Kier alpha value is -0.480. The Balaban J connectivity index is 0.00000169. The van der Waals surface area contributed by atoms with Crippen LogP contribution in [0.1, 0.15) is 27.7 Å². The van der Waals surface area contributed by atoms with E-state index in [1.807, 2.05) is 27.7 Å². The molecule has 0 saturated carbocycles. The molecule has 1 saturated heterocycles. The highest BCUT2D eigenvalue weighted by molar-refractivity contribution is 5.85. The van der Waals surface area contributed by atoms with Crippen LogP contribution in [-0.4, -0.2) is 30.3 Å². The number of nitrogens with one attached hydrogen (secondary N) is 2. The van der Waals surface area contributed by atoms with Crippen LogP contribution in [0.25, 0.3) is 0 Å². The summed E-state index contributed by atoms with van der Waals surface area (Å²) in [5, 5.41) is 5.96. The van der Waals surface area contributed by atoms with E-state index in [2.05, 4.69) is 10.6 Å². The molecule has 5 heteroatoms. The second-order valence-electron chi connectivity index (χ2n) is 4.45. The van der Waals surface area contributed by atoms with Gasteiger partial charge in [-0.25, -0.2) is 4.79 Å². The van der Waals surface area contributed by atoms with Gasteiger partial charge in [-0.2, -0.15) is 0 Å². The zero-order chi connectivity index (χ0) is 10.1. The predicted octanol–water partition coefficient (Wildman–Crippen LogP) is 1.29. The van der Waals surface area contributed by atoms with Gasteiger partial charge in [-0.3, -0.25) is 0 Å². The Morgan fingerprint density at radius 3 is 2.36 bits per heavy atom. The maximum absolute atomic E-state index is 11.2. The van der Waals surface area contributed by atoms with Gasteiger partial charge >= 0.3 is 6.09 Å². The van der Waals surface area contributed by atoms with Gasteiger partial charge in [0.15, 0.2) is 0 Å². The second-order valence-corrected chi connectivity index (χ2v) is 4.45. The van der Waals surface area contributed by atoms with E-state index in [1.54, 1.807) is 0 Å². The molecule has 0 spiro atoms. The first-order chi connectivity index (χ1) is 5.88. The van der Waals surface area contributed by atoms with E-state index in [9.17, 15) is 4.79 Å². The van der Waals surface area contributed by atoms with E-state index in [1.165, 1.54) is 0 Å². The van der Waals surface area contributed by atoms with Crippen LogP contribution < -0.4 is 10.6 Å². The molecule has 14 heavy (non-hydrogen) atoms. The van der Waals surface area contributed by atoms with Gasteiger partial charge in [-0.1, -0.05) is 0 Å². The van der Waals surface area contributed by atoms with E-state index in [-0.39, 0.29) is 24.5 Å². The molecule has 4 nitrogen and oxygen atoms in total. The summed E-state index contributed by atoms with van der Waals surface area (Å²) < 4.78 is 5.11. The monoisotopic (exact) mass is 222 g/mol. The predicted molar refractivity (Wildman–Crippen MR) is 57.9 cm³/mol. The Morgan fingerprint density at radius 2 is 2.07 bits per heavy atom. The summed E-state index contributed by atoms with van der Waals surface area (Å²) in [5.74, 6) is 0. The van der Waals surface area contributed by atoms with E-state index >= 15 is 0 Å². The van der Waals surface area contributed by atoms with Crippen molar-refractivity contribution in [2.24, 2.45) is 0 Å². The molecule has 2 N–H and O–H groups in total. The van der Waals surface area contributed by atoms with E-state index < -0.39 is 5.60 Å². The maximum Gasteiger partial charge on any atom is 0.407 e. The summed E-state index contributed by atoms with van der Waals surface area (Å²) in [6.07, 6.45) is -0.328. The van der Waals surface area contributed by atoms with Gasteiger partial charge < -0.3 is 15.4 Å². The molecule has 0 aromatic carbocycles. The molecule has 1 aliphatic heterocycles. The fourth-order valence-corrected chi connectivity index (χ4v) is 1.11. The van der Waals surface area contributed by atoms with Crippen molar-refractivity contribution in [1.82, 2.24) is 10.6 Å². The number of carbonyl (C=O) groups excluding carboxylic acids is 1. The number of ether oxygens (including phenoxy) is 1. The number of amides is 1. The summed E-state index contributed by atoms with van der Waals surface area (Å²) in [5.41, 5.74) is -0.412. The Morgan fingerprint density at radius 1 is 1.50 bits per heavy atom. The summed E-state index contributed by atoms with van der Waals surface area (Å²) >= 11 is 0. The van der Waals surface area contributed by atoms with Crippen LogP contribution in [0.3, 0.4) is 0 Å². The van der Waals surface area contributed by atoms with E-state index in [0.717, 1.165) is 6.54 Å². The lowest BCUT2D eigenvalue weighted by atomic mass is 10.0. The van der Waals surface area contributed by atoms with Crippen molar-refractivity contribution < 1.29 is 9.53 Å². The average Bonchev–Trinajstić information content (AvgIpc) is 1.94. The molecule has 0 aliphatic carbocycles. The SMILES string of the molecule is C[C@H]1NC[C@H]1NC(=O)OC(C)(C)C.Cl. The lowest BCUT2D eigenvalue weighted by molar-refractivity contribution is 0.0468. The van der Waals surface area contributed by atoms with Crippen molar-refractivity contribution in [3.05, 3.63) is 0 Å². The first kappa shape index (κ1) is 13.5. The molecule has 0 radical (unpaired) electrons. The summed E-state index contributed by atoms with van der Waals surface area (Å²) in [6.45, 7) is 8.44. The van der Waals surface area contributed by atoms with Gasteiger partial charge in [0.05, 0.1) is 6.04 Å². The van der Waals surface area contributed by atoms with Crippen LogP contribution in [0, 0.1) is 0 Å². The normalized spacial score (nSPS) is 25.7. The quantitative estimate of drug-likeness (QED) is 0.703. The molecule has 1 aliphatic rings. The maximum atomic E-state index is 11.2. The Kier molecular flexibility index (Phi) is 4.68. The van der Waals surface area contributed by atoms with Gasteiger partial charge in [0.25, 0.3) is 0 Å². The molecule has 0 aromatic heterocycles. The number of hydrogen-bond donors (Lipinski definition) is 2. The summed E-state index contributed by atoms with van der Waals surface area (Å²) in [4.78, 5) is 11.2. The molecular weight excluding hydrogens is 204 g/mol. The number of hydrogen-bond acceptors (Lipinski definition) is 3. The zero-order valence-corrected chi connectivity index (χ0v) is 9.90. The van der Waals surface area contributed by atoms with Crippen molar-refractivity contribution >= 4 is 18.5 Å². The molecule has 2 atom stereocenters. The number of halogens is 1. The highest BCUT2D eigenvalue weighted by atomic mass is 35.5. The van der Waals surface area contributed by atoms with Crippen LogP contribution in [-0.2, 0) is 4.74 Å². The van der Waals surface area contributed by atoms with Crippen LogP contribution in [0.4, 0.5) is 4.79 Å². The molecule has 1 rings (SSSR count). The van der Waals surface area contributed by atoms with Crippen molar-refractivity contribution in [3.63, 3.8) is 0 Å². The zero-order valence-electron chi connectivity index (χ0n) is 9.09. The minimum absolute atomic E-state index is 0. The average molecular weight is 223 g/mol. The highest BCUT2D eigenvalue weighted by Crippen LogP contribution is 2.08. The highest BCUT2D eigenvalue weighted by Gasteiger charge is 2.29. The van der Waals surface area contributed by atoms with Crippen molar-refractivity contribution in [2.75, 3.05) is 6.54 Å². The first-order valence-electron chi connectivity index (χ1n) is 4.61. The third-order valence-corrected chi connectivity index (χ3v) is 1.97. The Labute approximate surface area is 91.2 Å². The summed E-state index contributed by atoms with van der Waals surface area (Å²) in [6, 6.07) is 0.572. The van der Waals surface area contributed by atoms with Gasteiger partial charge in [0.1, 0.15) is 5.60 Å². The van der Waals surface area contributed by atoms with Crippen molar-refractivity contribution in [1.29, 1.82) is 0 Å². The lowest BCUT2D eigenvalue weighted by Crippen LogP contribution is -2.63. The molecular formula is C9H19ClN2O2. The van der Waals surface area contributed by atoms with Crippen molar-refractivity contribution in [3.8, 4) is 0 Å². The molecule has 0 unspecified atom stereocenters. The van der Waals surface area contributed by atoms with Gasteiger partial charge in [0.2, 0.25) is 0 Å². The standard InChI is InChI=1S/C9H18N2O2.ClH/c1-6-7(5-10-6)11-8(12)13-9(2,3)4;/h6-7,10H,5H2,1-4H3,(H,11,12);1H/t6-,7-;/m1./s1. The smallest absolute Gasteiger partial charge is 0.407 e. The summed E-state index contributed by atoms with van der Waals surface area (Å²) in [7, 11) is 0. The van der Waals surface area contributed by atoms with Crippen LogP contribution in [0.2, 0.25) is 0 Å². The van der Waals surface area contributed by atoms with Crippen molar-refractivity contribution in [2.45, 2.75) is 45.4 Å². The largest absolute Gasteiger partial charge is 0.444 e. The molecule has 1 amide bonds. The molecule has 84 valence electrons. The van der Waals surface area contributed by atoms with Gasteiger partial charge in [0, 0.05) is 12.6 Å².